The van der Waals surface area contributed by atoms with Gasteiger partial charge in [0.25, 0.3) is 5.91 Å². The second-order valence-corrected chi connectivity index (χ2v) is 7.01. The van der Waals surface area contributed by atoms with E-state index >= 15 is 0 Å². The Labute approximate surface area is 160 Å². The van der Waals surface area contributed by atoms with Gasteiger partial charge in [0.2, 0.25) is 0 Å². The maximum atomic E-state index is 12.1. The zero-order chi connectivity index (χ0) is 18.2. The van der Waals surface area contributed by atoms with Crippen LogP contribution in [0.2, 0.25) is 5.02 Å². The molecule has 0 aliphatic carbocycles. The van der Waals surface area contributed by atoms with Gasteiger partial charge in [-0.3, -0.25) is 9.69 Å². The minimum absolute atomic E-state index is 0.0436. The summed E-state index contributed by atoms with van der Waals surface area (Å²) in [6, 6.07) is 15.5. The number of piperidine rings is 1. The Hall–Kier alpha value is -2.04. The Morgan fingerprint density at radius 1 is 1.00 bits per heavy atom. The highest BCUT2D eigenvalue weighted by Crippen LogP contribution is 2.22. The van der Waals surface area contributed by atoms with Gasteiger partial charge in [-0.05, 0) is 49.2 Å². The van der Waals surface area contributed by atoms with Crippen molar-refractivity contribution in [3.05, 3.63) is 64.7 Å². The highest BCUT2D eigenvalue weighted by atomic mass is 35.5. The van der Waals surface area contributed by atoms with Gasteiger partial charge in [0.05, 0.1) is 5.02 Å². The maximum Gasteiger partial charge on any atom is 0.258 e. The summed E-state index contributed by atoms with van der Waals surface area (Å²) in [6.45, 7) is 3.73. The zero-order valence-electron chi connectivity index (χ0n) is 14.9. The average Bonchev–Trinajstić information content (AvgIpc) is 2.67. The van der Waals surface area contributed by atoms with Crippen LogP contribution in [0, 0.1) is 0 Å². The van der Waals surface area contributed by atoms with E-state index in [1.54, 1.807) is 12.1 Å². The molecule has 2 aromatic rings. The first-order chi connectivity index (χ1) is 12.7. The highest BCUT2D eigenvalue weighted by Gasteiger charge is 2.13. The first kappa shape index (κ1) is 18.7. The number of hydrogen-bond donors (Lipinski definition) is 1. The van der Waals surface area contributed by atoms with Gasteiger partial charge in [0, 0.05) is 13.1 Å². The van der Waals surface area contributed by atoms with Crippen LogP contribution >= 0.6 is 11.6 Å². The third-order valence-electron chi connectivity index (χ3n) is 4.63. The van der Waals surface area contributed by atoms with E-state index in [2.05, 4.69) is 28.4 Å². The van der Waals surface area contributed by atoms with Crippen LogP contribution in [0.25, 0.3) is 0 Å². The summed E-state index contributed by atoms with van der Waals surface area (Å²) in [4.78, 5) is 14.6. The molecule has 1 saturated heterocycles. The third-order valence-corrected chi connectivity index (χ3v) is 4.94. The van der Waals surface area contributed by atoms with E-state index in [1.807, 2.05) is 18.2 Å². The summed E-state index contributed by atoms with van der Waals surface area (Å²) in [6.07, 6.45) is 3.89. The summed E-state index contributed by atoms with van der Waals surface area (Å²) >= 11 is 6.03. The van der Waals surface area contributed by atoms with Crippen molar-refractivity contribution < 1.29 is 9.53 Å². The number of nitrogens with one attached hydrogen (secondary N) is 1. The molecule has 1 N–H and O–H groups in total. The van der Waals surface area contributed by atoms with Crippen LogP contribution in [0.3, 0.4) is 0 Å². The van der Waals surface area contributed by atoms with E-state index in [9.17, 15) is 4.79 Å². The number of ether oxygens (including phenoxy) is 1. The molecular weight excluding hydrogens is 348 g/mol. The molecule has 1 aliphatic rings. The molecule has 0 unspecified atom stereocenters. The van der Waals surface area contributed by atoms with E-state index in [4.69, 9.17) is 16.3 Å². The second-order valence-electron chi connectivity index (χ2n) is 6.60. The van der Waals surface area contributed by atoms with Gasteiger partial charge in [0.15, 0.2) is 6.61 Å². The van der Waals surface area contributed by atoms with Gasteiger partial charge < -0.3 is 10.1 Å². The number of para-hydroxylation sites is 1. The summed E-state index contributed by atoms with van der Waals surface area (Å²) < 4.78 is 5.49. The van der Waals surface area contributed by atoms with Crippen molar-refractivity contribution in [3.8, 4) is 5.75 Å². The first-order valence-corrected chi connectivity index (χ1v) is 9.53. The first-order valence-electron chi connectivity index (χ1n) is 9.15. The predicted molar refractivity (Wildman–Crippen MR) is 104 cm³/mol. The van der Waals surface area contributed by atoms with Crippen molar-refractivity contribution in [2.45, 2.75) is 32.4 Å². The SMILES string of the molecule is O=C(COc1ccccc1Cl)NCc1ccccc1CN1CCCCC1. The lowest BCUT2D eigenvalue weighted by Gasteiger charge is -2.27. The standard InChI is InChI=1S/C21H25ClN2O2/c22-19-10-4-5-11-20(19)26-16-21(25)23-14-17-8-2-3-9-18(17)15-24-12-6-1-7-13-24/h2-5,8-11H,1,6-7,12-16H2,(H,23,25). The number of carbonyl (C=O) groups excluding carboxylic acids is 1. The summed E-state index contributed by atoms with van der Waals surface area (Å²) in [7, 11) is 0. The maximum absolute atomic E-state index is 12.1. The molecule has 0 saturated carbocycles. The lowest BCUT2D eigenvalue weighted by Crippen LogP contribution is -2.31. The monoisotopic (exact) mass is 372 g/mol. The largest absolute Gasteiger partial charge is 0.482 e. The van der Waals surface area contributed by atoms with E-state index < -0.39 is 0 Å². The molecule has 2 aromatic carbocycles. The van der Waals surface area contributed by atoms with Gasteiger partial charge in [-0.15, -0.1) is 0 Å². The highest BCUT2D eigenvalue weighted by molar-refractivity contribution is 6.32. The fourth-order valence-electron chi connectivity index (χ4n) is 3.19. The molecule has 1 aliphatic heterocycles. The normalized spacial score (nSPS) is 14.8. The summed E-state index contributed by atoms with van der Waals surface area (Å²) in [5.41, 5.74) is 2.44. The minimum Gasteiger partial charge on any atom is -0.482 e. The van der Waals surface area contributed by atoms with E-state index in [-0.39, 0.29) is 12.5 Å². The number of amides is 1. The molecule has 0 bridgehead atoms. The number of nitrogens with zero attached hydrogens (tertiary/aromatic N) is 1. The van der Waals surface area contributed by atoms with Crippen molar-refractivity contribution in [2.75, 3.05) is 19.7 Å². The fourth-order valence-corrected chi connectivity index (χ4v) is 3.38. The molecule has 0 atom stereocenters. The number of hydrogen-bond acceptors (Lipinski definition) is 3. The summed E-state index contributed by atoms with van der Waals surface area (Å²) in [5.74, 6) is 0.368. The van der Waals surface area contributed by atoms with Gasteiger partial charge in [-0.1, -0.05) is 54.4 Å². The third kappa shape index (κ3) is 5.48. The molecule has 26 heavy (non-hydrogen) atoms. The van der Waals surface area contributed by atoms with Crippen LogP contribution in [-0.4, -0.2) is 30.5 Å². The topological polar surface area (TPSA) is 41.6 Å². The molecule has 1 amide bonds. The van der Waals surface area contributed by atoms with E-state index in [1.165, 1.54) is 24.8 Å². The molecule has 0 radical (unpaired) electrons. The van der Waals surface area contributed by atoms with Crippen molar-refractivity contribution in [1.29, 1.82) is 0 Å². The number of carbonyl (C=O) groups is 1. The van der Waals surface area contributed by atoms with Gasteiger partial charge in [-0.25, -0.2) is 0 Å². The van der Waals surface area contributed by atoms with Crippen molar-refractivity contribution in [1.82, 2.24) is 10.2 Å². The Bertz CT molecular complexity index is 729. The van der Waals surface area contributed by atoms with Crippen molar-refractivity contribution >= 4 is 17.5 Å². The average molecular weight is 373 g/mol. The zero-order valence-corrected chi connectivity index (χ0v) is 15.7. The van der Waals surface area contributed by atoms with Crippen LogP contribution in [0.4, 0.5) is 0 Å². The lowest BCUT2D eigenvalue weighted by atomic mass is 10.0. The predicted octanol–water partition coefficient (Wildman–Crippen LogP) is 4.02. The lowest BCUT2D eigenvalue weighted by molar-refractivity contribution is -0.123. The molecule has 138 valence electrons. The van der Waals surface area contributed by atoms with Gasteiger partial charge >= 0.3 is 0 Å². The van der Waals surface area contributed by atoms with Crippen molar-refractivity contribution in [2.24, 2.45) is 0 Å². The van der Waals surface area contributed by atoms with Crippen LogP contribution in [0.5, 0.6) is 5.75 Å². The Kier molecular flexibility index (Phi) is 6.92. The molecule has 3 rings (SSSR count). The van der Waals surface area contributed by atoms with E-state index in [0.717, 1.165) is 25.2 Å². The van der Waals surface area contributed by atoms with Crippen LogP contribution in [-0.2, 0) is 17.9 Å². The molecular formula is C21H25ClN2O2. The molecule has 0 aromatic heterocycles. The van der Waals surface area contributed by atoms with Crippen LogP contribution in [0.15, 0.2) is 48.5 Å². The van der Waals surface area contributed by atoms with E-state index in [0.29, 0.717) is 17.3 Å². The molecule has 1 heterocycles. The van der Waals surface area contributed by atoms with Crippen LogP contribution < -0.4 is 10.1 Å². The Morgan fingerprint density at radius 3 is 2.46 bits per heavy atom. The van der Waals surface area contributed by atoms with Crippen LogP contribution in [0.1, 0.15) is 30.4 Å². The summed E-state index contributed by atoms with van der Waals surface area (Å²) in [5, 5.41) is 3.45. The fraction of sp³-hybridized carbons (Fsp3) is 0.381. The minimum atomic E-state index is -0.155. The second kappa shape index (κ2) is 9.60. The smallest absolute Gasteiger partial charge is 0.258 e. The van der Waals surface area contributed by atoms with Gasteiger partial charge in [-0.2, -0.15) is 0 Å². The molecule has 5 heteroatoms. The number of likely N-dealkylation sites (tertiary alicyclic amines) is 1. The van der Waals surface area contributed by atoms with Gasteiger partial charge in [0.1, 0.15) is 5.75 Å². The molecule has 0 spiro atoms. The molecule has 4 nitrogen and oxygen atoms in total. The Balaban J connectivity index is 1.51. The quantitative estimate of drug-likeness (QED) is 0.798. The molecule has 1 fully saturated rings. The number of benzene rings is 2. The number of rotatable bonds is 7. The van der Waals surface area contributed by atoms with Crippen molar-refractivity contribution in [3.63, 3.8) is 0 Å². The Morgan fingerprint density at radius 2 is 1.69 bits per heavy atom. The number of halogens is 1.